The van der Waals surface area contributed by atoms with Crippen LogP contribution in [0.5, 0.6) is 5.75 Å². The van der Waals surface area contributed by atoms with Crippen LogP contribution in [0.3, 0.4) is 0 Å². The van der Waals surface area contributed by atoms with E-state index in [0.29, 0.717) is 0 Å². The van der Waals surface area contributed by atoms with Gasteiger partial charge in [0, 0.05) is 60.7 Å². The number of thiophene rings is 2. The molecule has 3 heterocycles. The van der Waals surface area contributed by atoms with Crippen molar-refractivity contribution >= 4 is 60.5 Å². The first-order chi connectivity index (χ1) is 20.6. The molecule has 3 aromatic heterocycles. The van der Waals surface area contributed by atoms with Crippen LogP contribution < -0.4 is 9.64 Å². The Hall–Kier alpha value is -2.48. The maximum absolute atomic E-state index is 5.97. The molecule has 0 aliphatic heterocycles. The topological polar surface area (TPSA) is 38.2 Å². The number of aromatic nitrogens is 2. The Morgan fingerprint density at radius 3 is 2.10 bits per heavy atom. The van der Waals surface area contributed by atoms with Gasteiger partial charge in [0.1, 0.15) is 16.8 Å². The highest BCUT2D eigenvalue weighted by Gasteiger charge is 2.19. The second-order valence-corrected chi connectivity index (χ2v) is 14.2. The molecule has 0 amide bonds. The number of nitrogens with zero attached hydrogens (tertiary/aromatic N) is 3. The summed E-state index contributed by atoms with van der Waals surface area (Å²) in [5, 5.41) is 0. The van der Waals surface area contributed by atoms with Crippen molar-refractivity contribution in [3.63, 3.8) is 0 Å². The third-order valence-corrected chi connectivity index (χ3v) is 11.3. The molecule has 0 bridgehead atoms. The highest BCUT2D eigenvalue weighted by molar-refractivity contribution is 7.29. The number of benzene rings is 2. The van der Waals surface area contributed by atoms with Crippen molar-refractivity contribution in [1.82, 2.24) is 8.75 Å². The summed E-state index contributed by atoms with van der Waals surface area (Å²) in [5.74, 6) is 1.69. The zero-order valence-electron chi connectivity index (χ0n) is 25.9. The molecule has 0 spiro atoms. The van der Waals surface area contributed by atoms with Crippen molar-refractivity contribution in [2.24, 2.45) is 5.92 Å². The van der Waals surface area contributed by atoms with Gasteiger partial charge in [0.15, 0.2) is 0 Å². The summed E-state index contributed by atoms with van der Waals surface area (Å²) in [7, 11) is 1.77. The normalized spacial score (nSPS) is 12.4. The lowest BCUT2D eigenvalue weighted by atomic mass is 9.95. The molecule has 5 aromatic rings. The summed E-state index contributed by atoms with van der Waals surface area (Å²) in [4.78, 5) is 5.30. The van der Waals surface area contributed by atoms with Crippen LogP contribution >= 0.6 is 34.4 Å². The second kappa shape index (κ2) is 14.8. The molecule has 0 N–H and O–H groups in total. The molecule has 1 unspecified atom stereocenters. The Kier molecular flexibility index (Phi) is 10.9. The van der Waals surface area contributed by atoms with Gasteiger partial charge in [-0.15, -0.1) is 22.7 Å². The van der Waals surface area contributed by atoms with Crippen LogP contribution in [0.2, 0.25) is 0 Å². The average Bonchev–Trinajstić information content (AvgIpc) is 3.74. The largest absolute Gasteiger partial charge is 0.496 e. The molecular formula is C35H45N3OS3. The van der Waals surface area contributed by atoms with Gasteiger partial charge in [-0.1, -0.05) is 78.4 Å². The summed E-state index contributed by atoms with van der Waals surface area (Å²) < 4.78 is 18.3. The lowest BCUT2D eigenvalue weighted by Crippen LogP contribution is -2.25. The molecule has 224 valence electrons. The predicted molar refractivity (Wildman–Crippen MR) is 187 cm³/mol. The van der Waals surface area contributed by atoms with Gasteiger partial charge in [-0.3, -0.25) is 0 Å². The summed E-state index contributed by atoms with van der Waals surface area (Å²) in [5.41, 5.74) is 6.50. The molecule has 0 saturated heterocycles. The SMILES string of the molecule is CCCCC(CC)Cc1cc2sc(-c3ccc(-c4ccc(N(CCCC)CCCC)cc4OC)c4nsnc34)cc2s1. The van der Waals surface area contributed by atoms with Gasteiger partial charge in [0.2, 0.25) is 0 Å². The van der Waals surface area contributed by atoms with Crippen LogP contribution in [-0.4, -0.2) is 28.9 Å². The van der Waals surface area contributed by atoms with Crippen LogP contribution in [0, 0.1) is 5.92 Å². The quantitative estimate of drug-likeness (QED) is 0.110. The number of unbranched alkanes of at least 4 members (excludes halogenated alkanes) is 3. The Balaban J connectivity index is 1.44. The van der Waals surface area contributed by atoms with E-state index >= 15 is 0 Å². The van der Waals surface area contributed by atoms with E-state index in [0.717, 1.165) is 46.9 Å². The van der Waals surface area contributed by atoms with E-state index in [4.69, 9.17) is 13.5 Å². The minimum absolute atomic E-state index is 0.798. The van der Waals surface area contributed by atoms with Crippen LogP contribution in [-0.2, 0) is 6.42 Å². The first-order valence-electron chi connectivity index (χ1n) is 15.8. The van der Waals surface area contributed by atoms with Crippen molar-refractivity contribution in [3.05, 3.63) is 47.3 Å². The summed E-state index contributed by atoms with van der Waals surface area (Å²) in [6.07, 6.45) is 11.2. The summed E-state index contributed by atoms with van der Waals surface area (Å²) in [6, 6.07) is 15.9. The average molecular weight is 620 g/mol. The number of fused-ring (bicyclic) bond motifs is 2. The minimum Gasteiger partial charge on any atom is -0.496 e. The molecule has 0 aliphatic carbocycles. The van der Waals surface area contributed by atoms with Crippen molar-refractivity contribution in [3.8, 4) is 27.3 Å². The van der Waals surface area contributed by atoms with Crippen LogP contribution in [0.1, 0.15) is 83.9 Å². The van der Waals surface area contributed by atoms with Crippen LogP contribution in [0.15, 0.2) is 42.5 Å². The third-order valence-electron chi connectivity index (χ3n) is 8.38. The van der Waals surface area contributed by atoms with Gasteiger partial charge in [-0.25, -0.2) is 0 Å². The summed E-state index contributed by atoms with van der Waals surface area (Å²) >= 11 is 5.15. The first-order valence-corrected chi connectivity index (χ1v) is 18.2. The molecular weight excluding hydrogens is 575 g/mol. The molecule has 4 nitrogen and oxygen atoms in total. The third kappa shape index (κ3) is 6.84. The highest BCUT2D eigenvalue weighted by Crippen LogP contribution is 2.44. The van der Waals surface area contributed by atoms with Crippen molar-refractivity contribution in [2.75, 3.05) is 25.1 Å². The Labute approximate surface area is 264 Å². The maximum Gasteiger partial charge on any atom is 0.128 e. The van der Waals surface area contributed by atoms with Gasteiger partial charge in [0.25, 0.3) is 0 Å². The lowest BCUT2D eigenvalue weighted by Gasteiger charge is -2.25. The molecule has 0 aliphatic rings. The first kappa shape index (κ1) is 31.0. The molecule has 42 heavy (non-hydrogen) atoms. The van der Waals surface area contributed by atoms with E-state index in [1.54, 1.807) is 7.11 Å². The lowest BCUT2D eigenvalue weighted by molar-refractivity contribution is 0.416. The minimum atomic E-state index is 0.798. The van der Waals surface area contributed by atoms with Crippen LogP contribution in [0.25, 0.3) is 42.0 Å². The molecule has 1 atom stereocenters. The van der Waals surface area contributed by atoms with Crippen molar-refractivity contribution in [1.29, 1.82) is 0 Å². The monoisotopic (exact) mass is 619 g/mol. The van der Waals surface area contributed by atoms with E-state index in [1.807, 2.05) is 22.7 Å². The second-order valence-electron chi connectivity index (χ2n) is 11.4. The predicted octanol–water partition coefficient (Wildman–Crippen LogP) is 11.5. The van der Waals surface area contributed by atoms with E-state index in [-0.39, 0.29) is 0 Å². The number of methoxy groups -OCH3 is 1. The van der Waals surface area contributed by atoms with E-state index in [1.165, 1.54) is 99.9 Å². The van der Waals surface area contributed by atoms with Crippen molar-refractivity contribution in [2.45, 2.75) is 85.5 Å². The Morgan fingerprint density at radius 2 is 1.43 bits per heavy atom. The number of hydrogen-bond donors (Lipinski definition) is 0. The smallest absolute Gasteiger partial charge is 0.128 e. The fourth-order valence-electron chi connectivity index (χ4n) is 5.80. The zero-order valence-corrected chi connectivity index (χ0v) is 28.3. The standard InChI is InChI=1S/C35H45N3OS3/c1-6-10-13-24(9-4)20-26-22-32-33(40-26)23-31(41-32)29-17-16-28(34-35(29)37-42-36-34)27-15-14-25(21-30(27)39-5)38(18-11-7-2)19-12-8-3/h14-17,21-24H,6-13,18-20H2,1-5H3. The number of anilines is 1. The van der Waals surface area contributed by atoms with Gasteiger partial charge >= 0.3 is 0 Å². The number of ether oxygens (including phenoxy) is 1. The van der Waals surface area contributed by atoms with Crippen LogP contribution in [0.4, 0.5) is 5.69 Å². The molecule has 0 saturated carbocycles. The number of hydrogen-bond acceptors (Lipinski definition) is 7. The fraction of sp³-hybridized carbons (Fsp3) is 0.486. The molecule has 5 rings (SSSR count). The molecule has 7 heteroatoms. The highest BCUT2D eigenvalue weighted by atomic mass is 32.1. The Bertz CT molecular complexity index is 1540. The van der Waals surface area contributed by atoms with Crippen molar-refractivity contribution < 1.29 is 4.74 Å². The molecule has 0 fully saturated rings. The van der Waals surface area contributed by atoms with Gasteiger partial charge in [-0.2, -0.15) is 8.75 Å². The van der Waals surface area contributed by atoms with E-state index in [2.05, 4.69) is 75.1 Å². The van der Waals surface area contributed by atoms with Gasteiger partial charge in [-0.05, 0) is 49.4 Å². The zero-order chi connectivity index (χ0) is 29.5. The summed E-state index contributed by atoms with van der Waals surface area (Å²) in [6.45, 7) is 11.3. The Morgan fingerprint density at radius 1 is 0.762 bits per heavy atom. The fourth-order valence-corrected chi connectivity index (χ4v) is 8.93. The van der Waals surface area contributed by atoms with E-state index in [9.17, 15) is 0 Å². The molecule has 0 radical (unpaired) electrons. The van der Waals surface area contributed by atoms with E-state index < -0.39 is 0 Å². The van der Waals surface area contributed by atoms with Gasteiger partial charge < -0.3 is 9.64 Å². The number of rotatable bonds is 16. The maximum atomic E-state index is 5.97. The molecule has 2 aromatic carbocycles. The van der Waals surface area contributed by atoms with Gasteiger partial charge in [0.05, 0.1) is 18.8 Å².